The monoisotopic (exact) mass is 239 g/mol. The number of carboxylic acid groups (broad SMARTS) is 1. The Bertz CT molecular complexity index is 388. The second-order valence-electron chi connectivity index (χ2n) is 2.89. The molecule has 1 heterocycles. The van der Waals surface area contributed by atoms with Gasteiger partial charge in [0.05, 0.1) is 0 Å². The Labute approximate surface area is 87.3 Å². The fourth-order valence-electron chi connectivity index (χ4n) is 1.11. The first kappa shape index (κ1) is 12.4. The zero-order valence-electron chi connectivity index (χ0n) is 7.90. The minimum atomic E-state index is -4.84. The molecule has 1 aromatic heterocycles. The number of aromatic nitrogens is 3. The second kappa shape index (κ2) is 4.47. The molecule has 2 N–H and O–H groups in total. The number of aliphatic hydroxyl groups is 1. The fourth-order valence-corrected chi connectivity index (χ4v) is 1.11. The summed E-state index contributed by atoms with van der Waals surface area (Å²) in [5.74, 6) is -1.79. The maximum Gasteiger partial charge on any atom is 0.435 e. The van der Waals surface area contributed by atoms with Gasteiger partial charge in [-0.05, 0) is 6.42 Å². The van der Waals surface area contributed by atoms with Crippen LogP contribution < -0.4 is 0 Å². The van der Waals surface area contributed by atoms with Crippen LogP contribution in [-0.4, -0.2) is 37.8 Å². The Balaban J connectivity index is 3.15. The number of aryl methyl sites for hydroxylation is 1. The maximum absolute atomic E-state index is 12.5. The molecular weight excluding hydrogens is 231 g/mol. The van der Waals surface area contributed by atoms with Gasteiger partial charge in [0.25, 0.3) is 0 Å². The van der Waals surface area contributed by atoms with E-state index in [-0.39, 0.29) is 19.6 Å². The van der Waals surface area contributed by atoms with Crippen molar-refractivity contribution in [2.45, 2.75) is 19.1 Å². The largest absolute Gasteiger partial charge is 0.476 e. The number of nitrogens with zero attached hydrogens (tertiary/aromatic N) is 3. The van der Waals surface area contributed by atoms with E-state index in [1.165, 1.54) is 0 Å². The zero-order valence-corrected chi connectivity index (χ0v) is 7.90. The topological polar surface area (TPSA) is 88.2 Å². The second-order valence-corrected chi connectivity index (χ2v) is 2.89. The molecule has 1 rings (SSSR count). The number of alkyl halides is 3. The summed E-state index contributed by atoms with van der Waals surface area (Å²) in [4.78, 5) is 10.5. The molecule has 0 fully saturated rings. The fraction of sp³-hybridized carbons (Fsp3) is 0.571. The van der Waals surface area contributed by atoms with E-state index >= 15 is 0 Å². The third-order valence-electron chi connectivity index (χ3n) is 1.73. The van der Waals surface area contributed by atoms with Gasteiger partial charge >= 0.3 is 12.1 Å². The number of aromatic carboxylic acids is 1. The van der Waals surface area contributed by atoms with Crippen LogP contribution in [0, 0.1) is 0 Å². The first-order valence-corrected chi connectivity index (χ1v) is 4.22. The van der Waals surface area contributed by atoms with Crippen molar-refractivity contribution in [2.75, 3.05) is 6.61 Å². The van der Waals surface area contributed by atoms with E-state index in [0.29, 0.717) is 4.68 Å². The molecule has 0 saturated carbocycles. The van der Waals surface area contributed by atoms with Crippen LogP contribution in [-0.2, 0) is 12.7 Å². The normalized spacial score (nSPS) is 11.8. The molecular formula is C7H8F3N3O3. The van der Waals surface area contributed by atoms with Crippen LogP contribution in [0.3, 0.4) is 0 Å². The lowest BCUT2D eigenvalue weighted by Crippen LogP contribution is -2.18. The van der Waals surface area contributed by atoms with Crippen molar-refractivity contribution < 1.29 is 28.2 Å². The zero-order chi connectivity index (χ0) is 12.3. The molecule has 0 radical (unpaired) electrons. The van der Waals surface area contributed by atoms with Crippen molar-refractivity contribution in [1.29, 1.82) is 0 Å². The van der Waals surface area contributed by atoms with Gasteiger partial charge in [-0.2, -0.15) is 13.2 Å². The quantitative estimate of drug-likeness (QED) is 0.792. The number of carbonyl (C=O) groups is 1. The predicted octanol–water partition coefficient (Wildman–Crippen LogP) is 0.378. The van der Waals surface area contributed by atoms with Crippen LogP contribution in [0.15, 0.2) is 0 Å². The van der Waals surface area contributed by atoms with Gasteiger partial charge in [-0.1, -0.05) is 5.21 Å². The van der Waals surface area contributed by atoms with E-state index in [1.54, 1.807) is 0 Å². The Kier molecular flexibility index (Phi) is 3.48. The van der Waals surface area contributed by atoms with Crippen LogP contribution in [0.2, 0.25) is 0 Å². The number of aliphatic hydroxyl groups excluding tert-OH is 1. The van der Waals surface area contributed by atoms with Crippen molar-refractivity contribution in [1.82, 2.24) is 15.0 Å². The molecule has 0 atom stereocenters. The Morgan fingerprint density at radius 3 is 2.50 bits per heavy atom. The first-order chi connectivity index (χ1) is 7.38. The number of carboxylic acids is 1. The molecule has 90 valence electrons. The van der Waals surface area contributed by atoms with Crippen LogP contribution >= 0.6 is 0 Å². The Hall–Kier alpha value is -1.64. The maximum atomic E-state index is 12.5. The summed E-state index contributed by atoms with van der Waals surface area (Å²) in [5.41, 5.74) is -2.54. The van der Waals surface area contributed by atoms with Gasteiger partial charge < -0.3 is 10.2 Å². The van der Waals surface area contributed by atoms with Crippen molar-refractivity contribution in [3.63, 3.8) is 0 Å². The Morgan fingerprint density at radius 1 is 1.44 bits per heavy atom. The van der Waals surface area contributed by atoms with E-state index in [2.05, 4.69) is 10.3 Å². The summed E-state index contributed by atoms with van der Waals surface area (Å²) in [7, 11) is 0. The molecule has 0 aliphatic carbocycles. The summed E-state index contributed by atoms with van der Waals surface area (Å²) < 4.78 is 37.9. The van der Waals surface area contributed by atoms with E-state index in [4.69, 9.17) is 10.2 Å². The predicted molar refractivity (Wildman–Crippen MR) is 43.7 cm³/mol. The average molecular weight is 239 g/mol. The van der Waals surface area contributed by atoms with Crippen LogP contribution in [0.25, 0.3) is 0 Å². The number of rotatable bonds is 4. The van der Waals surface area contributed by atoms with E-state index in [1.807, 2.05) is 0 Å². The lowest BCUT2D eigenvalue weighted by atomic mass is 10.3. The third-order valence-corrected chi connectivity index (χ3v) is 1.73. The van der Waals surface area contributed by atoms with Crippen molar-refractivity contribution in [3.05, 3.63) is 11.4 Å². The van der Waals surface area contributed by atoms with E-state index in [9.17, 15) is 18.0 Å². The standard InChI is InChI=1S/C7H8F3N3O3/c8-7(9,10)5-4(6(15)16)11-12-13(5)2-1-3-14/h14H,1-3H2,(H,15,16). The summed E-state index contributed by atoms with van der Waals surface area (Å²) in [6, 6.07) is 0. The number of hydrogen-bond acceptors (Lipinski definition) is 4. The van der Waals surface area contributed by atoms with Crippen molar-refractivity contribution in [2.24, 2.45) is 0 Å². The highest BCUT2D eigenvalue weighted by atomic mass is 19.4. The van der Waals surface area contributed by atoms with Gasteiger partial charge in [0, 0.05) is 13.2 Å². The van der Waals surface area contributed by atoms with Gasteiger partial charge in [0.15, 0.2) is 5.69 Å². The minimum Gasteiger partial charge on any atom is -0.476 e. The molecule has 1 aromatic rings. The third kappa shape index (κ3) is 2.48. The minimum absolute atomic E-state index is 0.0332. The van der Waals surface area contributed by atoms with Gasteiger partial charge in [-0.25, -0.2) is 9.48 Å². The molecule has 6 nitrogen and oxygen atoms in total. The molecule has 0 amide bonds. The lowest BCUT2D eigenvalue weighted by Gasteiger charge is -2.09. The highest BCUT2D eigenvalue weighted by Gasteiger charge is 2.41. The molecule has 0 spiro atoms. The molecule has 0 bridgehead atoms. The lowest BCUT2D eigenvalue weighted by molar-refractivity contribution is -0.144. The van der Waals surface area contributed by atoms with Crippen molar-refractivity contribution in [3.8, 4) is 0 Å². The van der Waals surface area contributed by atoms with Gasteiger partial charge in [-0.3, -0.25) is 0 Å². The van der Waals surface area contributed by atoms with E-state index in [0.717, 1.165) is 0 Å². The van der Waals surface area contributed by atoms with E-state index < -0.39 is 23.5 Å². The highest BCUT2D eigenvalue weighted by molar-refractivity contribution is 5.86. The smallest absolute Gasteiger partial charge is 0.435 e. The number of hydrogen-bond donors (Lipinski definition) is 2. The summed E-state index contributed by atoms with van der Waals surface area (Å²) in [6.07, 6.45) is -4.81. The first-order valence-electron chi connectivity index (χ1n) is 4.22. The van der Waals surface area contributed by atoms with Gasteiger partial charge in [0.1, 0.15) is 0 Å². The number of halogens is 3. The molecule has 0 unspecified atom stereocenters. The molecule has 9 heteroatoms. The Morgan fingerprint density at radius 2 is 2.06 bits per heavy atom. The van der Waals surface area contributed by atoms with Crippen LogP contribution in [0.5, 0.6) is 0 Å². The van der Waals surface area contributed by atoms with Gasteiger partial charge in [0.2, 0.25) is 5.69 Å². The SMILES string of the molecule is O=C(O)c1nnn(CCCO)c1C(F)(F)F. The van der Waals surface area contributed by atoms with Crippen molar-refractivity contribution >= 4 is 5.97 Å². The molecule has 16 heavy (non-hydrogen) atoms. The summed E-state index contributed by atoms with van der Waals surface area (Å²) in [6.45, 7) is -0.564. The summed E-state index contributed by atoms with van der Waals surface area (Å²) >= 11 is 0. The molecule has 0 saturated heterocycles. The molecule has 0 aliphatic rings. The van der Waals surface area contributed by atoms with Crippen LogP contribution in [0.4, 0.5) is 13.2 Å². The van der Waals surface area contributed by atoms with Crippen LogP contribution in [0.1, 0.15) is 22.6 Å². The summed E-state index contributed by atoms with van der Waals surface area (Å²) in [5, 5.41) is 23.0. The van der Waals surface area contributed by atoms with Gasteiger partial charge in [-0.15, -0.1) is 5.10 Å². The average Bonchev–Trinajstić information content (AvgIpc) is 2.57. The molecule has 0 aromatic carbocycles. The molecule has 0 aliphatic heterocycles. The highest BCUT2D eigenvalue weighted by Crippen LogP contribution is 2.31.